The molecule has 1 N–H and O–H groups in total. The third kappa shape index (κ3) is 11.8. The van der Waals surface area contributed by atoms with Crippen molar-refractivity contribution in [2.45, 2.75) is 120 Å². The van der Waals surface area contributed by atoms with Gasteiger partial charge in [-0.2, -0.15) is 0 Å². The first kappa shape index (κ1) is 44.2. The number of nitrogens with one attached hydrogen (secondary N) is 1. The summed E-state index contributed by atoms with van der Waals surface area (Å²) in [5.74, 6) is 1.03. The van der Waals surface area contributed by atoms with Crippen LogP contribution >= 0.6 is 39.9 Å². The lowest BCUT2D eigenvalue weighted by molar-refractivity contribution is 1.06. The quantitative estimate of drug-likeness (QED) is 0.141. The Bertz CT molecular complexity index is 2150. The second-order valence-corrected chi connectivity index (χ2v) is 17.2. The number of rotatable bonds is 5. The molecule has 0 saturated heterocycles. The molecule has 0 saturated carbocycles. The fraction of sp³-hybridized carbons (Fsp3) is 0.360. The number of thioether (sulfide) groups is 1. The second-order valence-electron chi connectivity index (χ2n) is 15.1. The van der Waals surface area contributed by atoms with Crippen LogP contribution in [0.25, 0.3) is 0 Å². The van der Waals surface area contributed by atoms with Gasteiger partial charge in [-0.25, -0.2) is 4.99 Å². The number of halogens is 1. The van der Waals surface area contributed by atoms with Gasteiger partial charge < -0.3 is 5.32 Å². The van der Waals surface area contributed by atoms with E-state index in [4.69, 9.17) is 17.2 Å². The summed E-state index contributed by atoms with van der Waals surface area (Å²) in [6, 6.07) is 26.2. The third-order valence-electron chi connectivity index (χ3n) is 11.2. The highest BCUT2D eigenvalue weighted by molar-refractivity contribution is 9.08. The summed E-state index contributed by atoms with van der Waals surface area (Å²) >= 11 is 10.5. The summed E-state index contributed by atoms with van der Waals surface area (Å²) < 4.78 is 0. The number of nitrogens with zero attached hydrogens (tertiary/aromatic N) is 1. The molecule has 0 atom stereocenters. The Hall–Kier alpha value is -3.51. The molecule has 7 rings (SSSR count). The smallest absolute Gasteiger partial charge is 0.0842 e. The second kappa shape index (κ2) is 20.6. The molecule has 0 aromatic heterocycles. The molecule has 290 valence electrons. The Labute approximate surface area is 351 Å². The van der Waals surface area contributed by atoms with Crippen LogP contribution in [0.1, 0.15) is 103 Å². The van der Waals surface area contributed by atoms with Gasteiger partial charge in [-0.05, 0) is 172 Å². The molecule has 0 spiro atoms. The third-order valence-corrected chi connectivity index (χ3v) is 13.1. The lowest BCUT2D eigenvalue weighted by Crippen LogP contribution is -2.00. The van der Waals surface area contributed by atoms with Crippen molar-refractivity contribution in [1.82, 2.24) is 0 Å². The van der Waals surface area contributed by atoms with Crippen LogP contribution in [0.15, 0.2) is 77.8 Å². The van der Waals surface area contributed by atoms with Gasteiger partial charge in [0.2, 0.25) is 0 Å². The molecule has 2 heterocycles. The minimum atomic E-state index is 0.909. The first-order chi connectivity index (χ1) is 26.2. The minimum Gasteiger partial charge on any atom is -0.350 e. The van der Waals surface area contributed by atoms with Crippen LogP contribution in [-0.2, 0) is 36.8 Å². The molecule has 55 heavy (non-hydrogen) atoms. The number of anilines is 1. The number of benzene rings is 5. The largest absolute Gasteiger partial charge is 0.350 e. The van der Waals surface area contributed by atoms with Crippen LogP contribution < -0.4 is 5.32 Å². The number of alkyl halides is 1. The molecule has 0 bridgehead atoms. The van der Waals surface area contributed by atoms with Crippen molar-refractivity contribution in [3.05, 3.63) is 162 Å². The molecule has 2 aliphatic rings. The van der Waals surface area contributed by atoms with Crippen molar-refractivity contribution < 1.29 is 0 Å². The fourth-order valence-corrected chi connectivity index (χ4v) is 9.05. The van der Waals surface area contributed by atoms with Gasteiger partial charge in [-0.1, -0.05) is 114 Å². The van der Waals surface area contributed by atoms with Crippen LogP contribution in [0.2, 0.25) is 0 Å². The molecule has 0 aliphatic carbocycles. The van der Waals surface area contributed by atoms with E-state index in [1.807, 2.05) is 11.8 Å². The van der Waals surface area contributed by atoms with E-state index in [0.717, 1.165) is 47.4 Å². The number of aryl methyl sites for hydroxylation is 7. The molecule has 2 nitrogen and oxygen atoms in total. The zero-order valence-corrected chi connectivity index (χ0v) is 38.5. The van der Waals surface area contributed by atoms with Crippen molar-refractivity contribution in [3.8, 4) is 0 Å². The van der Waals surface area contributed by atoms with E-state index in [9.17, 15) is 0 Å². The normalized spacial score (nSPS) is 12.2. The number of hydrogen-bond donors (Lipinski definition) is 1. The molecule has 5 heteroatoms. The standard InChI is InChI=1S/C20H23NS.C11H15Br.C10H14.C9H9NS/c1-5-16-8-7-14(3)18(15(16)4)12-22-20-11-17-10-13(2)6-9-19(17)21-20;1-4-11-9(3)8(2)5-6-10(11)7-12;1-7-5-6-8(2)10(4)9(7)3;1-6-2-3-8-7(4-6)5-9(11)10-8/h6-10H,5,11-12H2,1-4H3;5-6H,4,7H2,1-3H3;5-6H,1-4H3;2-4H,5H2,1H3,(H,10,11). The van der Waals surface area contributed by atoms with Gasteiger partial charge in [-0.15, -0.1) is 11.8 Å². The van der Waals surface area contributed by atoms with E-state index in [1.165, 1.54) is 99.7 Å². The number of aliphatic imine (C=N–C) groups is 1. The Morgan fingerprint density at radius 3 is 1.78 bits per heavy atom. The number of fused-ring (bicyclic) bond motifs is 2. The molecule has 0 fully saturated rings. The van der Waals surface area contributed by atoms with E-state index >= 15 is 0 Å². The summed E-state index contributed by atoms with van der Waals surface area (Å²) in [5, 5.41) is 5.38. The van der Waals surface area contributed by atoms with Crippen molar-refractivity contribution in [1.29, 1.82) is 0 Å². The lowest BCUT2D eigenvalue weighted by Gasteiger charge is -2.13. The van der Waals surface area contributed by atoms with E-state index in [-0.39, 0.29) is 0 Å². The SMILES string of the molecule is CCc1c(CBr)ccc(C)c1C.CCc1ccc(C)c(CSC2=Nc3ccc(C)cc3C2)c1C.Cc1ccc(C)c(C)c1C.Cc1ccc2c(c1)CC(=S)N2. The predicted molar refractivity (Wildman–Crippen MR) is 253 cm³/mol. The maximum absolute atomic E-state index is 5.06. The molecule has 5 aromatic rings. The van der Waals surface area contributed by atoms with Crippen molar-refractivity contribution in [3.63, 3.8) is 0 Å². The Morgan fingerprint density at radius 1 is 0.600 bits per heavy atom. The number of thiocarbonyl (C=S) groups is 1. The topological polar surface area (TPSA) is 24.4 Å². The maximum atomic E-state index is 5.06. The Kier molecular flexibility index (Phi) is 16.6. The molecule has 2 aliphatic heterocycles. The van der Waals surface area contributed by atoms with Gasteiger partial charge in [0, 0.05) is 29.6 Å². The summed E-state index contributed by atoms with van der Waals surface area (Å²) in [4.78, 5) is 5.73. The van der Waals surface area contributed by atoms with Crippen molar-refractivity contribution >= 4 is 61.3 Å². The monoisotopic (exact) mass is 832 g/mol. The van der Waals surface area contributed by atoms with Crippen LogP contribution in [0.5, 0.6) is 0 Å². The molecule has 0 amide bonds. The van der Waals surface area contributed by atoms with E-state index in [1.54, 1.807) is 0 Å². The molecular formula is C50H61BrN2S2. The van der Waals surface area contributed by atoms with Gasteiger partial charge in [0.1, 0.15) is 0 Å². The highest BCUT2D eigenvalue weighted by Gasteiger charge is 2.17. The van der Waals surface area contributed by atoms with Crippen LogP contribution in [0.4, 0.5) is 11.4 Å². The van der Waals surface area contributed by atoms with Gasteiger partial charge in [0.25, 0.3) is 0 Å². The fourth-order valence-electron chi connectivity index (χ4n) is 7.08. The average molecular weight is 834 g/mol. The molecule has 0 radical (unpaired) electrons. The Morgan fingerprint density at radius 2 is 1.16 bits per heavy atom. The predicted octanol–water partition coefficient (Wildman–Crippen LogP) is 14.7. The van der Waals surface area contributed by atoms with E-state index in [2.05, 4.69) is 177 Å². The maximum Gasteiger partial charge on any atom is 0.0842 e. The zero-order valence-electron chi connectivity index (χ0n) is 35.3. The van der Waals surface area contributed by atoms with Crippen molar-refractivity contribution in [2.24, 2.45) is 4.99 Å². The van der Waals surface area contributed by atoms with Gasteiger partial charge in [0.15, 0.2) is 0 Å². The minimum absolute atomic E-state index is 0.909. The first-order valence-corrected chi connectivity index (χ1v) is 22.1. The Balaban J connectivity index is 0.000000174. The number of hydrogen-bond acceptors (Lipinski definition) is 3. The van der Waals surface area contributed by atoms with Crippen LogP contribution in [0.3, 0.4) is 0 Å². The molecule has 0 unspecified atom stereocenters. The van der Waals surface area contributed by atoms with Gasteiger partial charge in [-0.3, -0.25) is 0 Å². The van der Waals surface area contributed by atoms with Gasteiger partial charge in [0.05, 0.1) is 15.7 Å². The molecule has 5 aromatic carbocycles. The summed E-state index contributed by atoms with van der Waals surface area (Å²) in [7, 11) is 0. The lowest BCUT2D eigenvalue weighted by atomic mass is 9.97. The van der Waals surface area contributed by atoms with Crippen LogP contribution in [0, 0.1) is 69.2 Å². The van der Waals surface area contributed by atoms with E-state index in [0.29, 0.717) is 0 Å². The summed E-state index contributed by atoms with van der Waals surface area (Å²) in [5.41, 5.74) is 24.9. The highest BCUT2D eigenvalue weighted by atomic mass is 79.9. The summed E-state index contributed by atoms with van der Waals surface area (Å²) in [6.45, 7) is 26.2. The van der Waals surface area contributed by atoms with Gasteiger partial charge >= 0.3 is 0 Å². The van der Waals surface area contributed by atoms with E-state index < -0.39 is 0 Å². The van der Waals surface area contributed by atoms with Crippen molar-refractivity contribution in [2.75, 3.05) is 5.32 Å². The first-order valence-electron chi connectivity index (χ1n) is 19.6. The summed E-state index contributed by atoms with van der Waals surface area (Å²) in [6.07, 6.45) is 4.14. The zero-order chi connectivity index (χ0) is 40.4. The average Bonchev–Trinajstić information content (AvgIpc) is 3.75. The highest BCUT2D eigenvalue weighted by Crippen LogP contribution is 2.33. The molecular weight excluding hydrogens is 773 g/mol. The van der Waals surface area contributed by atoms with Crippen LogP contribution in [-0.4, -0.2) is 10.0 Å².